The zero-order valence-electron chi connectivity index (χ0n) is 7.46. The van der Waals surface area contributed by atoms with Crippen LogP contribution in [0.4, 0.5) is 0 Å². The lowest BCUT2D eigenvalue weighted by atomic mass is 10.1. The predicted molar refractivity (Wildman–Crippen MR) is 62.1 cm³/mol. The summed E-state index contributed by atoms with van der Waals surface area (Å²) >= 11 is 3.45. The van der Waals surface area contributed by atoms with Gasteiger partial charge in [0.15, 0.2) is 0 Å². The topological polar surface area (TPSA) is 52.0 Å². The van der Waals surface area contributed by atoms with Crippen LogP contribution in [0.15, 0.2) is 22.7 Å². The minimum absolute atomic E-state index is 0. The number of halogens is 2. The largest absolute Gasteiger partial charge is 0.329 e. The van der Waals surface area contributed by atoms with E-state index in [9.17, 15) is 0 Å². The maximum atomic E-state index is 5.79. The highest BCUT2D eigenvalue weighted by Gasteiger charge is 2.06. The summed E-state index contributed by atoms with van der Waals surface area (Å²) in [5.74, 6) is 0. The van der Waals surface area contributed by atoms with Crippen LogP contribution in [0.5, 0.6) is 0 Å². The van der Waals surface area contributed by atoms with Gasteiger partial charge in [0, 0.05) is 17.1 Å². The number of aryl methyl sites for hydroxylation is 1. The highest BCUT2D eigenvalue weighted by atomic mass is 79.9. The van der Waals surface area contributed by atoms with Crippen molar-refractivity contribution in [3.63, 3.8) is 0 Å². The van der Waals surface area contributed by atoms with Crippen molar-refractivity contribution in [2.24, 2.45) is 11.5 Å². The van der Waals surface area contributed by atoms with Gasteiger partial charge in [0.2, 0.25) is 0 Å². The molecule has 0 aliphatic heterocycles. The normalized spacial score (nSPS) is 12.0. The third kappa shape index (κ3) is 3.27. The quantitative estimate of drug-likeness (QED) is 0.861. The van der Waals surface area contributed by atoms with Crippen LogP contribution < -0.4 is 11.5 Å². The highest BCUT2D eigenvalue weighted by molar-refractivity contribution is 9.10. The first-order valence-corrected chi connectivity index (χ1v) is 4.66. The molecular formula is C9H14BrClN2. The maximum Gasteiger partial charge on any atom is 0.0430 e. The van der Waals surface area contributed by atoms with Crippen LogP contribution in [0.3, 0.4) is 0 Å². The summed E-state index contributed by atoms with van der Waals surface area (Å²) < 4.78 is 1.04. The van der Waals surface area contributed by atoms with Gasteiger partial charge in [0.25, 0.3) is 0 Å². The molecule has 0 saturated carbocycles. The fourth-order valence-corrected chi connectivity index (χ4v) is 1.85. The molecule has 1 atom stereocenters. The molecule has 0 heterocycles. The number of rotatable bonds is 2. The Morgan fingerprint density at radius 3 is 2.54 bits per heavy atom. The molecule has 0 saturated heterocycles. The molecule has 0 radical (unpaired) electrons. The minimum atomic E-state index is -0.0695. The zero-order valence-corrected chi connectivity index (χ0v) is 9.86. The van der Waals surface area contributed by atoms with Crippen LogP contribution in [0.25, 0.3) is 0 Å². The van der Waals surface area contributed by atoms with E-state index in [0.29, 0.717) is 6.54 Å². The first kappa shape index (κ1) is 12.9. The standard InChI is InChI=1S/C9H13BrN2.ClH/c1-6-2-3-7(8(10)4-6)9(12)5-11;/h2-4,9H,5,11-12H2,1H3;1H/t9-;/m1./s1. The molecule has 4 N–H and O–H groups in total. The van der Waals surface area contributed by atoms with Crippen molar-refractivity contribution < 1.29 is 0 Å². The molecule has 1 rings (SSSR count). The molecule has 0 unspecified atom stereocenters. The van der Waals surface area contributed by atoms with Gasteiger partial charge < -0.3 is 11.5 Å². The molecule has 74 valence electrons. The van der Waals surface area contributed by atoms with Crippen LogP contribution >= 0.6 is 28.3 Å². The van der Waals surface area contributed by atoms with Crippen molar-refractivity contribution in [2.45, 2.75) is 13.0 Å². The Bertz CT molecular complexity index is 278. The lowest BCUT2D eigenvalue weighted by Crippen LogP contribution is -2.21. The third-order valence-corrected chi connectivity index (χ3v) is 2.50. The van der Waals surface area contributed by atoms with Crippen LogP contribution in [0.1, 0.15) is 17.2 Å². The minimum Gasteiger partial charge on any atom is -0.329 e. The Kier molecular flexibility index (Phi) is 5.56. The Hall–Kier alpha value is -0.0900. The fourth-order valence-electron chi connectivity index (χ4n) is 1.06. The molecule has 1 aromatic carbocycles. The van der Waals surface area contributed by atoms with Gasteiger partial charge in [-0.25, -0.2) is 0 Å². The molecule has 0 bridgehead atoms. The summed E-state index contributed by atoms with van der Waals surface area (Å²) in [6, 6.07) is 6.03. The number of hydrogen-bond donors (Lipinski definition) is 2. The van der Waals surface area contributed by atoms with Crippen molar-refractivity contribution in [3.05, 3.63) is 33.8 Å². The first-order valence-electron chi connectivity index (χ1n) is 3.87. The maximum absolute atomic E-state index is 5.79. The van der Waals surface area contributed by atoms with E-state index in [2.05, 4.69) is 15.9 Å². The second kappa shape index (κ2) is 5.60. The summed E-state index contributed by atoms with van der Waals surface area (Å²) in [6.07, 6.45) is 0. The molecule has 0 aliphatic rings. The number of hydrogen-bond acceptors (Lipinski definition) is 2. The highest BCUT2D eigenvalue weighted by Crippen LogP contribution is 2.22. The van der Waals surface area contributed by atoms with E-state index >= 15 is 0 Å². The molecule has 0 aromatic heterocycles. The monoisotopic (exact) mass is 264 g/mol. The van der Waals surface area contributed by atoms with Gasteiger partial charge in [-0.1, -0.05) is 28.1 Å². The van der Waals surface area contributed by atoms with Gasteiger partial charge in [-0.3, -0.25) is 0 Å². The Morgan fingerprint density at radius 2 is 2.08 bits per heavy atom. The van der Waals surface area contributed by atoms with Gasteiger partial charge >= 0.3 is 0 Å². The Morgan fingerprint density at radius 1 is 1.46 bits per heavy atom. The summed E-state index contributed by atoms with van der Waals surface area (Å²) in [5.41, 5.74) is 13.5. The first-order chi connectivity index (χ1) is 5.65. The molecular weight excluding hydrogens is 251 g/mol. The second-order valence-corrected chi connectivity index (χ2v) is 3.72. The van der Waals surface area contributed by atoms with E-state index in [1.807, 2.05) is 25.1 Å². The van der Waals surface area contributed by atoms with Gasteiger partial charge in [-0.2, -0.15) is 0 Å². The van der Waals surface area contributed by atoms with Crippen molar-refractivity contribution in [1.82, 2.24) is 0 Å². The summed E-state index contributed by atoms with van der Waals surface area (Å²) in [4.78, 5) is 0. The second-order valence-electron chi connectivity index (χ2n) is 2.87. The van der Waals surface area contributed by atoms with Crippen molar-refractivity contribution in [3.8, 4) is 0 Å². The molecule has 0 spiro atoms. The average Bonchev–Trinajstić information content (AvgIpc) is 2.03. The van der Waals surface area contributed by atoms with Crippen molar-refractivity contribution in [1.29, 1.82) is 0 Å². The smallest absolute Gasteiger partial charge is 0.0430 e. The van der Waals surface area contributed by atoms with Crippen LogP contribution in [-0.2, 0) is 0 Å². The Labute approximate surface area is 93.2 Å². The molecule has 0 aliphatic carbocycles. The van der Waals surface area contributed by atoms with Gasteiger partial charge in [-0.15, -0.1) is 12.4 Å². The zero-order chi connectivity index (χ0) is 9.14. The van der Waals surface area contributed by atoms with E-state index in [4.69, 9.17) is 11.5 Å². The van der Waals surface area contributed by atoms with Crippen molar-refractivity contribution in [2.75, 3.05) is 6.54 Å². The lowest BCUT2D eigenvalue weighted by Gasteiger charge is -2.11. The van der Waals surface area contributed by atoms with E-state index < -0.39 is 0 Å². The van der Waals surface area contributed by atoms with E-state index in [-0.39, 0.29) is 18.4 Å². The van der Waals surface area contributed by atoms with Crippen LogP contribution in [0.2, 0.25) is 0 Å². The summed E-state index contributed by atoms with van der Waals surface area (Å²) in [7, 11) is 0. The third-order valence-electron chi connectivity index (χ3n) is 1.81. The Balaban J connectivity index is 0.00000144. The van der Waals surface area contributed by atoms with Gasteiger partial charge in [0.1, 0.15) is 0 Å². The molecule has 4 heteroatoms. The molecule has 0 fully saturated rings. The number of benzene rings is 1. The average molecular weight is 266 g/mol. The molecule has 2 nitrogen and oxygen atoms in total. The van der Waals surface area contributed by atoms with E-state index in [1.54, 1.807) is 0 Å². The predicted octanol–water partition coefficient (Wildman–Crippen LogP) is 2.14. The van der Waals surface area contributed by atoms with Gasteiger partial charge in [-0.05, 0) is 24.1 Å². The SMILES string of the molecule is Cc1ccc([C@H](N)CN)c(Br)c1.Cl. The molecule has 1 aromatic rings. The summed E-state index contributed by atoms with van der Waals surface area (Å²) in [6.45, 7) is 2.52. The van der Waals surface area contributed by atoms with E-state index in [1.165, 1.54) is 5.56 Å². The number of nitrogens with two attached hydrogens (primary N) is 2. The van der Waals surface area contributed by atoms with Crippen LogP contribution in [-0.4, -0.2) is 6.54 Å². The molecule has 13 heavy (non-hydrogen) atoms. The fraction of sp³-hybridized carbons (Fsp3) is 0.333. The lowest BCUT2D eigenvalue weighted by molar-refractivity contribution is 0.733. The summed E-state index contributed by atoms with van der Waals surface area (Å²) in [5, 5.41) is 0. The van der Waals surface area contributed by atoms with E-state index in [0.717, 1.165) is 10.0 Å². The van der Waals surface area contributed by atoms with Crippen LogP contribution in [0, 0.1) is 6.92 Å². The molecule has 0 amide bonds. The van der Waals surface area contributed by atoms with Crippen molar-refractivity contribution >= 4 is 28.3 Å². The van der Waals surface area contributed by atoms with Gasteiger partial charge in [0.05, 0.1) is 0 Å².